The lowest BCUT2D eigenvalue weighted by Gasteiger charge is -2.36. The van der Waals surface area contributed by atoms with Gasteiger partial charge in [0.05, 0.1) is 11.1 Å². The third kappa shape index (κ3) is 2.46. The van der Waals surface area contributed by atoms with E-state index < -0.39 is 5.54 Å². The second kappa shape index (κ2) is 5.70. The van der Waals surface area contributed by atoms with Gasteiger partial charge in [-0.1, -0.05) is 27.6 Å². The molecule has 0 unspecified atom stereocenters. The van der Waals surface area contributed by atoms with Crippen LogP contribution < -0.4 is 5.32 Å². The van der Waals surface area contributed by atoms with E-state index in [1.54, 1.807) is 0 Å². The van der Waals surface area contributed by atoms with Crippen molar-refractivity contribution < 1.29 is 15.0 Å². The standard InChI is InChI=1S/C17H20BrNO3/c1-10-2-3-13(18)12(8-10)14-15(21)17(19-16(14)22)6-4-11(9-20)5-7-17/h2-3,8,11,20-21H,4-7,9H2,1H3,(H,19,22). The molecule has 1 heterocycles. The van der Waals surface area contributed by atoms with Crippen LogP contribution in [0, 0.1) is 12.8 Å². The number of aliphatic hydroxyl groups excluding tert-OH is 2. The van der Waals surface area contributed by atoms with Gasteiger partial charge in [-0.05, 0) is 50.7 Å². The summed E-state index contributed by atoms with van der Waals surface area (Å²) in [6.07, 6.45) is 2.96. The van der Waals surface area contributed by atoms with Crippen molar-refractivity contribution in [2.45, 2.75) is 38.1 Å². The summed E-state index contributed by atoms with van der Waals surface area (Å²) in [5.41, 5.74) is 1.49. The number of carbonyl (C=O) groups is 1. The van der Waals surface area contributed by atoms with Gasteiger partial charge in [-0.25, -0.2) is 0 Å². The fourth-order valence-electron chi connectivity index (χ4n) is 3.48. The Hall–Kier alpha value is -1.33. The molecule has 0 saturated heterocycles. The van der Waals surface area contributed by atoms with Gasteiger partial charge in [0, 0.05) is 16.6 Å². The number of halogens is 1. The molecule has 118 valence electrons. The van der Waals surface area contributed by atoms with Gasteiger partial charge in [-0.15, -0.1) is 0 Å². The minimum Gasteiger partial charge on any atom is -0.509 e. The third-order valence-electron chi connectivity index (χ3n) is 4.88. The first-order valence-electron chi connectivity index (χ1n) is 7.60. The van der Waals surface area contributed by atoms with E-state index in [9.17, 15) is 15.0 Å². The highest BCUT2D eigenvalue weighted by Gasteiger charge is 2.47. The van der Waals surface area contributed by atoms with E-state index in [-0.39, 0.29) is 24.2 Å². The molecule has 22 heavy (non-hydrogen) atoms. The van der Waals surface area contributed by atoms with E-state index >= 15 is 0 Å². The number of hydrogen-bond acceptors (Lipinski definition) is 3. The van der Waals surface area contributed by atoms with Crippen LogP contribution in [0.25, 0.3) is 5.57 Å². The zero-order valence-electron chi connectivity index (χ0n) is 12.5. The fourth-order valence-corrected chi connectivity index (χ4v) is 3.93. The van der Waals surface area contributed by atoms with Crippen LogP contribution in [0.15, 0.2) is 28.4 Å². The Bertz CT molecular complexity index is 645. The number of aryl methyl sites for hydroxylation is 1. The highest BCUT2D eigenvalue weighted by atomic mass is 79.9. The third-order valence-corrected chi connectivity index (χ3v) is 5.57. The number of rotatable bonds is 2. The van der Waals surface area contributed by atoms with Gasteiger partial charge < -0.3 is 15.5 Å². The molecule has 1 aromatic rings. The predicted molar refractivity (Wildman–Crippen MR) is 88.3 cm³/mol. The molecule has 1 amide bonds. The second-order valence-corrected chi connectivity index (χ2v) is 7.22. The van der Waals surface area contributed by atoms with Crippen molar-refractivity contribution in [1.29, 1.82) is 0 Å². The molecule has 1 aliphatic carbocycles. The average molecular weight is 366 g/mol. The number of amides is 1. The highest BCUT2D eigenvalue weighted by Crippen LogP contribution is 2.43. The summed E-state index contributed by atoms with van der Waals surface area (Å²) in [7, 11) is 0. The number of benzene rings is 1. The number of nitrogens with one attached hydrogen (secondary N) is 1. The van der Waals surface area contributed by atoms with Crippen molar-refractivity contribution in [2.75, 3.05) is 6.61 Å². The maximum atomic E-state index is 12.5. The Labute approximate surface area is 138 Å². The van der Waals surface area contributed by atoms with Gasteiger partial charge in [0.15, 0.2) is 0 Å². The number of hydrogen-bond donors (Lipinski definition) is 3. The zero-order valence-corrected chi connectivity index (χ0v) is 14.1. The Kier molecular flexibility index (Phi) is 4.03. The summed E-state index contributed by atoms with van der Waals surface area (Å²) >= 11 is 3.47. The van der Waals surface area contributed by atoms with E-state index in [4.69, 9.17) is 0 Å². The summed E-state index contributed by atoms with van der Waals surface area (Å²) in [5, 5.41) is 23.0. The SMILES string of the molecule is Cc1ccc(Br)c(C2=C(O)C3(CCC(CO)CC3)NC2=O)c1. The van der Waals surface area contributed by atoms with E-state index in [1.807, 2.05) is 25.1 Å². The van der Waals surface area contributed by atoms with Crippen molar-refractivity contribution in [1.82, 2.24) is 5.32 Å². The normalized spacial score (nSPS) is 28.3. The van der Waals surface area contributed by atoms with Crippen molar-refractivity contribution in [3.05, 3.63) is 39.6 Å². The van der Waals surface area contributed by atoms with Crippen LogP contribution in [0.5, 0.6) is 0 Å². The monoisotopic (exact) mass is 365 g/mol. The molecule has 1 spiro atoms. The average Bonchev–Trinajstić information content (AvgIpc) is 2.74. The minimum absolute atomic E-state index is 0.153. The smallest absolute Gasteiger partial charge is 0.256 e. The molecule has 1 saturated carbocycles. The van der Waals surface area contributed by atoms with Crippen LogP contribution in [0.2, 0.25) is 0 Å². The molecule has 5 heteroatoms. The maximum absolute atomic E-state index is 12.5. The van der Waals surface area contributed by atoms with Crippen LogP contribution in [0.1, 0.15) is 36.8 Å². The number of carbonyl (C=O) groups excluding carboxylic acids is 1. The van der Waals surface area contributed by atoms with Gasteiger partial charge >= 0.3 is 0 Å². The summed E-state index contributed by atoms with van der Waals surface area (Å²) < 4.78 is 0.802. The van der Waals surface area contributed by atoms with Crippen molar-refractivity contribution in [3.63, 3.8) is 0 Å². The lowest BCUT2D eigenvalue weighted by molar-refractivity contribution is -0.116. The van der Waals surface area contributed by atoms with E-state index in [2.05, 4.69) is 21.2 Å². The molecular weight excluding hydrogens is 346 g/mol. The number of aliphatic hydroxyl groups is 2. The van der Waals surface area contributed by atoms with Crippen LogP contribution in [-0.2, 0) is 4.79 Å². The van der Waals surface area contributed by atoms with Crippen LogP contribution in [0.4, 0.5) is 0 Å². The first-order valence-corrected chi connectivity index (χ1v) is 8.40. The molecule has 3 N–H and O–H groups in total. The Balaban J connectivity index is 2.00. The molecule has 0 aromatic heterocycles. The molecule has 0 atom stereocenters. The van der Waals surface area contributed by atoms with Crippen molar-refractivity contribution >= 4 is 27.4 Å². The Morgan fingerprint density at radius 1 is 1.36 bits per heavy atom. The lowest BCUT2D eigenvalue weighted by Crippen LogP contribution is -2.47. The summed E-state index contributed by atoms with van der Waals surface area (Å²) in [5.74, 6) is 0.205. The second-order valence-electron chi connectivity index (χ2n) is 6.37. The summed E-state index contributed by atoms with van der Waals surface area (Å²) in [6, 6.07) is 5.76. The Morgan fingerprint density at radius 2 is 2.05 bits per heavy atom. The molecule has 3 rings (SSSR count). The fraction of sp³-hybridized carbons (Fsp3) is 0.471. The van der Waals surface area contributed by atoms with Gasteiger partial charge in [0.1, 0.15) is 5.76 Å². The highest BCUT2D eigenvalue weighted by molar-refractivity contribution is 9.10. The van der Waals surface area contributed by atoms with Gasteiger partial charge in [0.25, 0.3) is 5.91 Å². The van der Waals surface area contributed by atoms with Crippen molar-refractivity contribution in [2.24, 2.45) is 5.92 Å². The molecule has 1 aromatic carbocycles. The first-order chi connectivity index (χ1) is 10.5. The topological polar surface area (TPSA) is 69.6 Å². The first kappa shape index (κ1) is 15.6. The Morgan fingerprint density at radius 3 is 2.68 bits per heavy atom. The quantitative estimate of drug-likeness (QED) is 0.754. The predicted octanol–water partition coefficient (Wildman–Crippen LogP) is 3.08. The maximum Gasteiger partial charge on any atom is 0.256 e. The van der Waals surface area contributed by atoms with Crippen molar-refractivity contribution in [3.8, 4) is 0 Å². The summed E-state index contributed by atoms with van der Waals surface area (Å²) in [4.78, 5) is 12.5. The molecule has 2 aliphatic rings. The molecule has 1 aliphatic heterocycles. The van der Waals surface area contributed by atoms with E-state index in [0.29, 0.717) is 18.4 Å². The van der Waals surface area contributed by atoms with Gasteiger partial charge in [-0.2, -0.15) is 0 Å². The van der Waals surface area contributed by atoms with E-state index in [1.165, 1.54) is 0 Å². The zero-order chi connectivity index (χ0) is 15.9. The molecule has 0 bridgehead atoms. The largest absolute Gasteiger partial charge is 0.509 e. The molecule has 0 radical (unpaired) electrons. The summed E-state index contributed by atoms with van der Waals surface area (Å²) in [6.45, 7) is 2.13. The van der Waals surface area contributed by atoms with Crippen LogP contribution >= 0.6 is 15.9 Å². The van der Waals surface area contributed by atoms with Gasteiger partial charge in [0.2, 0.25) is 0 Å². The van der Waals surface area contributed by atoms with Gasteiger partial charge in [-0.3, -0.25) is 4.79 Å². The molecule has 4 nitrogen and oxygen atoms in total. The van der Waals surface area contributed by atoms with Crippen LogP contribution in [-0.4, -0.2) is 28.3 Å². The van der Waals surface area contributed by atoms with Crippen LogP contribution in [0.3, 0.4) is 0 Å². The van der Waals surface area contributed by atoms with E-state index in [0.717, 1.165) is 28.4 Å². The lowest BCUT2D eigenvalue weighted by atomic mass is 9.76. The molecule has 1 fully saturated rings. The minimum atomic E-state index is -0.652. The molecular formula is C17H20BrNO3.